The fraction of sp³-hybridized carbons (Fsp3) is 0.529. The number of nitrogens with one attached hydrogen (secondary N) is 1. The first-order chi connectivity index (χ1) is 12.3. The van der Waals surface area contributed by atoms with Crippen LogP contribution in [0, 0.1) is 0 Å². The number of cyclic esters (lactones) is 1. The maximum absolute atomic E-state index is 12.6. The zero-order chi connectivity index (χ0) is 18.5. The van der Waals surface area contributed by atoms with Gasteiger partial charge in [-0.05, 0) is 43.0 Å². The average molecular weight is 379 g/mol. The molecule has 2 fully saturated rings. The van der Waals surface area contributed by atoms with Crippen LogP contribution in [0.15, 0.2) is 23.1 Å². The first kappa shape index (κ1) is 17.3. The second kappa shape index (κ2) is 6.24. The van der Waals surface area contributed by atoms with Crippen LogP contribution in [0.5, 0.6) is 0 Å². The minimum atomic E-state index is -3.71. The summed E-state index contributed by atoms with van der Waals surface area (Å²) in [7, 11) is -3.71. The molecule has 1 saturated heterocycles. The van der Waals surface area contributed by atoms with E-state index in [4.69, 9.17) is 4.74 Å². The molecule has 1 aromatic carbocycles. The van der Waals surface area contributed by atoms with E-state index in [1.807, 2.05) is 0 Å². The third-order valence-corrected chi connectivity index (χ3v) is 6.45. The number of carbonyl (C=O) groups excluding carboxylic acids is 2. The van der Waals surface area contributed by atoms with Gasteiger partial charge in [-0.1, -0.05) is 0 Å². The van der Waals surface area contributed by atoms with Crippen LogP contribution in [0.4, 0.5) is 10.5 Å². The Hall–Kier alpha value is -2.13. The first-order valence-electron chi connectivity index (χ1n) is 8.73. The molecule has 1 atom stereocenters. The van der Waals surface area contributed by atoms with Crippen LogP contribution in [0.2, 0.25) is 0 Å². The van der Waals surface area contributed by atoms with E-state index in [1.165, 1.54) is 13.0 Å². The number of hydrogen-bond donors (Lipinski definition) is 1. The second-order valence-corrected chi connectivity index (χ2v) is 8.72. The van der Waals surface area contributed by atoms with E-state index in [-0.39, 0.29) is 29.5 Å². The lowest BCUT2D eigenvalue weighted by atomic mass is 10.2. The molecule has 8 nitrogen and oxygen atoms in total. The molecule has 4 rings (SSSR count). The van der Waals surface area contributed by atoms with Crippen LogP contribution in [0.25, 0.3) is 0 Å². The van der Waals surface area contributed by atoms with E-state index < -0.39 is 16.1 Å². The van der Waals surface area contributed by atoms with Crippen molar-refractivity contribution in [3.05, 3.63) is 23.8 Å². The molecule has 0 bridgehead atoms. The van der Waals surface area contributed by atoms with Gasteiger partial charge in [0.15, 0.2) is 0 Å². The first-order valence-corrected chi connectivity index (χ1v) is 10.2. The SMILES string of the molecule is CC(=O)N1CCc2cc(S(=O)(=O)NCC3CN(C4CC4)C(=O)O3)ccc21. The second-order valence-electron chi connectivity index (χ2n) is 6.95. The summed E-state index contributed by atoms with van der Waals surface area (Å²) >= 11 is 0. The Kier molecular flexibility index (Phi) is 4.15. The van der Waals surface area contributed by atoms with Gasteiger partial charge in [-0.15, -0.1) is 0 Å². The highest BCUT2D eigenvalue weighted by molar-refractivity contribution is 7.89. The minimum absolute atomic E-state index is 0.0496. The predicted molar refractivity (Wildman–Crippen MR) is 93.4 cm³/mol. The quantitative estimate of drug-likeness (QED) is 0.819. The highest BCUT2D eigenvalue weighted by Gasteiger charge is 2.41. The lowest BCUT2D eigenvalue weighted by Crippen LogP contribution is -2.35. The summed E-state index contributed by atoms with van der Waals surface area (Å²) in [5.41, 5.74) is 1.61. The maximum Gasteiger partial charge on any atom is 0.410 e. The van der Waals surface area contributed by atoms with Gasteiger partial charge in [0.1, 0.15) is 6.10 Å². The lowest BCUT2D eigenvalue weighted by molar-refractivity contribution is -0.116. The van der Waals surface area contributed by atoms with Crippen LogP contribution >= 0.6 is 0 Å². The van der Waals surface area contributed by atoms with E-state index in [0.29, 0.717) is 19.5 Å². The van der Waals surface area contributed by atoms with E-state index >= 15 is 0 Å². The Labute approximate surface area is 152 Å². The van der Waals surface area contributed by atoms with Gasteiger partial charge in [0.05, 0.1) is 11.4 Å². The van der Waals surface area contributed by atoms with Crippen molar-refractivity contribution < 1.29 is 22.7 Å². The standard InChI is InChI=1S/C17H21N3O5S/c1-11(21)19-7-6-12-8-15(4-5-16(12)19)26(23,24)18-9-14-10-20(13-2-3-13)17(22)25-14/h4-5,8,13-14,18H,2-3,6-7,9-10H2,1H3. The number of rotatable bonds is 5. The van der Waals surface area contributed by atoms with Crippen LogP contribution in [-0.4, -0.2) is 57.1 Å². The van der Waals surface area contributed by atoms with Crippen molar-refractivity contribution in [2.24, 2.45) is 0 Å². The molecule has 9 heteroatoms. The van der Waals surface area contributed by atoms with Crippen LogP contribution in [0.1, 0.15) is 25.3 Å². The molecule has 1 unspecified atom stereocenters. The van der Waals surface area contributed by atoms with Crippen LogP contribution < -0.4 is 9.62 Å². The van der Waals surface area contributed by atoms with Crippen molar-refractivity contribution in [3.63, 3.8) is 0 Å². The molecule has 2 heterocycles. The van der Waals surface area contributed by atoms with Crippen molar-refractivity contribution in [1.29, 1.82) is 0 Å². The molecule has 26 heavy (non-hydrogen) atoms. The Balaban J connectivity index is 1.43. The number of anilines is 1. The molecular weight excluding hydrogens is 358 g/mol. The maximum atomic E-state index is 12.6. The van der Waals surface area contributed by atoms with Crippen LogP contribution in [-0.2, 0) is 26.0 Å². The van der Waals surface area contributed by atoms with Crippen molar-refractivity contribution in [3.8, 4) is 0 Å². The molecule has 0 spiro atoms. The molecule has 0 radical (unpaired) electrons. The molecule has 140 valence electrons. The van der Waals surface area contributed by atoms with Crippen molar-refractivity contribution in [2.45, 2.75) is 43.2 Å². The van der Waals surface area contributed by atoms with Gasteiger partial charge >= 0.3 is 6.09 Å². The van der Waals surface area contributed by atoms with Crippen LogP contribution in [0.3, 0.4) is 0 Å². The molecule has 1 aliphatic carbocycles. The van der Waals surface area contributed by atoms with Crippen molar-refractivity contribution >= 4 is 27.7 Å². The third kappa shape index (κ3) is 3.16. The van der Waals surface area contributed by atoms with Gasteiger partial charge in [-0.2, -0.15) is 0 Å². The summed E-state index contributed by atoms with van der Waals surface area (Å²) in [5.74, 6) is -0.0549. The average Bonchev–Trinajstić information content (AvgIpc) is 3.23. The van der Waals surface area contributed by atoms with Gasteiger partial charge in [0.25, 0.3) is 0 Å². The zero-order valence-electron chi connectivity index (χ0n) is 14.5. The molecule has 3 aliphatic rings. The highest BCUT2D eigenvalue weighted by Crippen LogP contribution is 2.31. The number of nitrogens with zero attached hydrogens (tertiary/aromatic N) is 2. The van der Waals surface area contributed by atoms with Gasteiger partial charge in [-0.25, -0.2) is 17.9 Å². The number of carbonyl (C=O) groups is 2. The normalized spacial score (nSPS) is 22.5. The van der Waals surface area contributed by atoms with Gasteiger partial charge in [-0.3, -0.25) is 4.79 Å². The highest BCUT2D eigenvalue weighted by atomic mass is 32.2. The Bertz CT molecular complexity index is 865. The summed E-state index contributed by atoms with van der Waals surface area (Å²) in [6.45, 7) is 2.53. The van der Waals surface area contributed by atoms with Crippen molar-refractivity contribution in [2.75, 3.05) is 24.5 Å². The number of sulfonamides is 1. The number of hydrogen-bond acceptors (Lipinski definition) is 5. The fourth-order valence-electron chi connectivity index (χ4n) is 3.49. The predicted octanol–water partition coefficient (Wildman–Crippen LogP) is 0.857. The number of ether oxygens (including phenoxy) is 1. The molecule has 1 aromatic rings. The van der Waals surface area contributed by atoms with E-state index in [0.717, 1.165) is 24.1 Å². The Morgan fingerprint density at radius 3 is 2.81 bits per heavy atom. The van der Waals surface area contributed by atoms with Gasteiger partial charge < -0.3 is 14.5 Å². The van der Waals surface area contributed by atoms with E-state index in [2.05, 4.69) is 4.72 Å². The fourth-order valence-corrected chi connectivity index (χ4v) is 4.61. The third-order valence-electron chi connectivity index (χ3n) is 5.03. The van der Waals surface area contributed by atoms with Gasteiger partial charge in [0, 0.05) is 31.7 Å². The largest absolute Gasteiger partial charge is 0.443 e. The number of fused-ring (bicyclic) bond motifs is 1. The minimum Gasteiger partial charge on any atom is -0.443 e. The molecule has 1 saturated carbocycles. The summed E-state index contributed by atoms with van der Waals surface area (Å²) in [5, 5.41) is 0. The molecular formula is C17H21N3O5S. The molecule has 2 amide bonds. The topological polar surface area (TPSA) is 96.0 Å². The summed E-state index contributed by atoms with van der Waals surface area (Å²) < 4.78 is 32.9. The summed E-state index contributed by atoms with van der Waals surface area (Å²) in [6, 6.07) is 5.03. The number of amides is 2. The monoisotopic (exact) mass is 379 g/mol. The lowest BCUT2D eigenvalue weighted by Gasteiger charge is -2.15. The number of benzene rings is 1. The van der Waals surface area contributed by atoms with E-state index in [9.17, 15) is 18.0 Å². The Morgan fingerprint density at radius 2 is 2.12 bits per heavy atom. The van der Waals surface area contributed by atoms with Gasteiger partial charge in [0.2, 0.25) is 15.9 Å². The smallest absolute Gasteiger partial charge is 0.410 e. The summed E-state index contributed by atoms with van der Waals surface area (Å²) in [4.78, 5) is 26.8. The zero-order valence-corrected chi connectivity index (χ0v) is 15.3. The molecule has 1 N–H and O–H groups in total. The van der Waals surface area contributed by atoms with E-state index in [1.54, 1.807) is 21.9 Å². The molecule has 2 aliphatic heterocycles. The summed E-state index contributed by atoms with van der Waals surface area (Å²) in [6.07, 6.45) is 1.77. The Morgan fingerprint density at radius 1 is 1.35 bits per heavy atom. The van der Waals surface area contributed by atoms with Crippen molar-refractivity contribution in [1.82, 2.24) is 9.62 Å². The molecule has 0 aromatic heterocycles.